The molecule has 7 atom stereocenters. The summed E-state index contributed by atoms with van der Waals surface area (Å²) >= 11 is 0. The van der Waals surface area contributed by atoms with Gasteiger partial charge in [-0.3, -0.25) is 28.8 Å². The van der Waals surface area contributed by atoms with Crippen molar-refractivity contribution in [1.29, 1.82) is 0 Å². The number of carbonyl (C=O) groups is 7. The number of hydrogen-bond donors (Lipinski definition) is 7. The fraction of sp³-hybridized carbons (Fsp3) is 0.636. The predicted octanol–water partition coefficient (Wildman–Crippen LogP) is 2.42. The van der Waals surface area contributed by atoms with Crippen molar-refractivity contribution in [1.82, 2.24) is 31.6 Å². The van der Waals surface area contributed by atoms with Crippen molar-refractivity contribution in [3.63, 3.8) is 0 Å². The molecule has 0 radical (unpaired) electrons. The van der Waals surface area contributed by atoms with Crippen LogP contribution in [0.3, 0.4) is 0 Å². The van der Waals surface area contributed by atoms with Crippen molar-refractivity contribution < 1.29 is 52.9 Å². The summed E-state index contributed by atoms with van der Waals surface area (Å²) in [7, 11) is 1.24. The van der Waals surface area contributed by atoms with E-state index in [1.165, 1.54) is 14.0 Å². The lowest BCUT2D eigenvalue weighted by Gasteiger charge is -2.28. The fourth-order valence-corrected chi connectivity index (χ4v) is 6.32. The molecule has 1 aromatic heterocycles. The number of carbonyl (C=O) groups excluding carboxylic acids is 7. The number of nitrogens with zero attached hydrogens (tertiary/aromatic N) is 1. The van der Waals surface area contributed by atoms with E-state index >= 15 is 0 Å². The van der Waals surface area contributed by atoms with Crippen molar-refractivity contribution >= 4 is 52.3 Å². The van der Waals surface area contributed by atoms with Crippen LogP contribution < -0.4 is 41.8 Å². The van der Waals surface area contributed by atoms with Gasteiger partial charge in [0.25, 0.3) is 0 Å². The number of aliphatic hydroxyl groups is 1. The number of hydrogen-bond acceptors (Lipinski definition) is 12. The maximum atomic E-state index is 13.4. The smallest absolute Gasteiger partial charge is 0.328 e. The molecule has 2 rings (SSSR count). The topological polar surface area (TPSA) is 266 Å². The first kappa shape index (κ1) is 52.6. The highest BCUT2D eigenvalue weighted by Gasteiger charge is 2.33. The fourth-order valence-electron chi connectivity index (χ4n) is 6.32. The second kappa shape index (κ2) is 26.1. The number of benzene rings is 1. The van der Waals surface area contributed by atoms with Crippen LogP contribution in [0.1, 0.15) is 101 Å². The maximum absolute atomic E-state index is 13.4. The van der Waals surface area contributed by atoms with E-state index in [-0.39, 0.29) is 61.5 Å². The second-order valence-corrected chi connectivity index (χ2v) is 16.7. The summed E-state index contributed by atoms with van der Waals surface area (Å²) in [5.74, 6) is -3.73. The summed E-state index contributed by atoms with van der Waals surface area (Å²) in [5, 5.41) is 24.1. The average molecular weight is 872 g/mol. The van der Waals surface area contributed by atoms with E-state index in [9.17, 15) is 38.7 Å². The number of ether oxygens (including phenoxy) is 3. The number of aromatic nitrogens is 1. The summed E-state index contributed by atoms with van der Waals surface area (Å²) < 4.78 is 16.6. The molecule has 18 heteroatoms. The van der Waals surface area contributed by atoms with Crippen LogP contribution in [0.15, 0.2) is 30.3 Å². The van der Waals surface area contributed by atoms with Crippen LogP contribution >= 0.6 is 0 Å². The van der Waals surface area contributed by atoms with Crippen molar-refractivity contribution in [2.45, 2.75) is 137 Å². The highest BCUT2D eigenvalue weighted by Crippen LogP contribution is 2.23. The number of pyridine rings is 1. The molecule has 0 saturated carbocycles. The van der Waals surface area contributed by atoms with Crippen LogP contribution in [0.2, 0.25) is 0 Å². The molecule has 346 valence electrons. The molecule has 0 saturated heterocycles. The van der Waals surface area contributed by atoms with Crippen molar-refractivity contribution in [3.8, 4) is 11.6 Å². The van der Waals surface area contributed by atoms with Crippen molar-refractivity contribution in [2.24, 2.45) is 29.4 Å². The number of esters is 1. The zero-order chi connectivity index (χ0) is 46.7. The zero-order valence-corrected chi connectivity index (χ0v) is 37.9. The van der Waals surface area contributed by atoms with Crippen LogP contribution in [-0.4, -0.2) is 108 Å². The first-order valence-corrected chi connectivity index (χ1v) is 21.4. The molecule has 8 N–H and O–H groups in total. The molecule has 0 aliphatic carbocycles. The predicted molar refractivity (Wildman–Crippen MR) is 232 cm³/mol. The van der Waals surface area contributed by atoms with E-state index in [4.69, 9.17) is 19.9 Å². The molecule has 0 bridgehead atoms. The lowest BCUT2D eigenvalue weighted by Crippen LogP contribution is -2.57. The Morgan fingerprint density at radius 1 is 0.694 bits per heavy atom. The van der Waals surface area contributed by atoms with Gasteiger partial charge in [0.15, 0.2) is 0 Å². The van der Waals surface area contributed by atoms with Gasteiger partial charge in [-0.05, 0) is 68.1 Å². The van der Waals surface area contributed by atoms with Gasteiger partial charge >= 0.3 is 5.97 Å². The van der Waals surface area contributed by atoms with Gasteiger partial charge in [0, 0.05) is 30.4 Å². The Morgan fingerprint density at radius 3 is 1.77 bits per heavy atom. The molecule has 0 aliphatic rings. The first-order valence-electron chi connectivity index (χ1n) is 21.4. The SMILES string of the molecule is CC[C@H](C)[C@H](NC(=O)CCCOc1ccc2ccc(OCCCC(=O)N[C@H](C(=O)N[C@@H](CC(C)C)C(=O)N[C@H](C(=O)OC)C(C)C)C(C)C)nc2c1)C(=O)N[C@H](C(N)=O)[C@@H](C)O. The van der Waals surface area contributed by atoms with Gasteiger partial charge in [0.1, 0.15) is 36.0 Å². The van der Waals surface area contributed by atoms with Crippen molar-refractivity contribution in [3.05, 3.63) is 30.3 Å². The van der Waals surface area contributed by atoms with Crippen molar-refractivity contribution in [2.75, 3.05) is 20.3 Å². The van der Waals surface area contributed by atoms with Gasteiger partial charge in [0.05, 0.1) is 31.9 Å². The molecular weight excluding hydrogens is 803 g/mol. The van der Waals surface area contributed by atoms with E-state index in [1.807, 2.05) is 32.9 Å². The molecule has 0 aliphatic heterocycles. The van der Waals surface area contributed by atoms with E-state index in [1.54, 1.807) is 52.8 Å². The number of rotatable bonds is 27. The molecule has 18 nitrogen and oxygen atoms in total. The standard InChI is InChI=1S/C44H69N7O11/c1-11-27(8)38(43(58)51-39(28(9)52)40(45)55)49-34(54)14-12-20-61-30-18-16-29-17-19-35(46-31(29)23-30)62-21-13-15-33(53)48-36(25(4)5)42(57)47-32(22-24(2)3)41(56)50-37(26(6)7)44(59)60-10/h16-19,23-28,32,36-39,52H,11-15,20-22H2,1-10H3,(H2,45,55)(H,47,57)(H,48,53)(H,49,54)(H,50,56)(H,51,58)/t27-,28+,32-,36-,37-,38-,39-/m0/s1. The largest absolute Gasteiger partial charge is 0.494 e. The molecule has 0 fully saturated rings. The zero-order valence-electron chi connectivity index (χ0n) is 37.9. The number of primary amides is 1. The highest BCUT2D eigenvalue weighted by molar-refractivity contribution is 5.94. The molecule has 1 heterocycles. The monoisotopic (exact) mass is 872 g/mol. The Balaban J connectivity index is 1.91. The summed E-state index contributed by atoms with van der Waals surface area (Å²) in [6.07, 6.45) is 0.492. The lowest BCUT2D eigenvalue weighted by molar-refractivity contribution is -0.146. The normalized spacial score (nSPS) is 14.7. The van der Waals surface area contributed by atoms with Crippen LogP contribution in [0, 0.1) is 23.7 Å². The third-order valence-corrected chi connectivity index (χ3v) is 10.2. The minimum atomic E-state index is -1.29. The lowest BCUT2D eigenvalue weighted by atomic mass is 9.97. The number of methoxy groups -OCH3 is 1. The summed E-state index contributed by atoms with van der Waals surface area (Å²) in [6.45, 7) is 16.3. The molecule has 6 amide bonds. The molecule has 62 heavy (non-hydrogen) atoms. The van der Waals surface area contributed by atoms with Gasteiger partial charge in [0.2, 0.25) is 41.3 Å². The number of nitrogens with one attached hydrogen (secondary N) is 5. The molecular formula is C44H69N7O11. The summed E-state index contributed by atoms with van der Waals surface area (Å²) in [5.41, 5.74) is 5.91. The minimum Gasteiger partial charge on any atom is -0.494 e. The summed E-state index contributed by atoms with van der Waals surface area (Å²) in [4.78, 5) is 93.8. The number of amides is 6. The van der Waals surface area contributed by atoms with Gasteiger partial charge in [-0.25, -0.2) is 9.78 Å². The molecule has 1 aromatic carbocycles. The van der Waals surface area contributed by atoms with E-state index in [0.29, 0.717) is 42.8 Å². The number of fused-ring (bicyclic) bond motifs is 1. The van der Waals surface area contributed by atoms with Crippen LogP contribution in [0.25, 0.3) is 10.9 Å². The first-order chi connectivity index (χ1) is 29.2. The second-order valence-electron chi connectivity index (χ2n) is 16.7. The highest BCUT2D eigenvalue weighted by atomic mass is 16.5. The molecule has 2 aromatic rings. The Morgan fingerprint density at radius 2 is 1.24 bits per heavy atom. The Labute approximate surface area is 364 Å². The Bertz CT molecular complexity index is 1820. The van der Waals surface area contributed by atoms with Crippen LogP contribution in [0.5, 0.6) is 11.6 Å². The van der Waals surface area contributed by atoms with Crippen LogP contribution in [0.4, 0.5) is 0 Å². The van der Waals surface area contributed by atoms with E-state index in [0.717, 1.165) is 5.39 Å². The Hall–Kier alpha value is -5.52. The minimum absolute atomic E-state index is 0.0435. The third kappa shape index (κ3) is 17.5. The molecule has 0 unspecified atom stereocenters. The quantitative estimate of drug-likeness (QED) is 0.0504. The number of aliphatic hydroxyl groups excluding tert-OH is 1. The third-order valence-electron chi connectivity index (χ3n) is 10.2. The Kier molecular flexibility index (Phi) is 22.1. The van der Waals surface area contributed by atoms with E-state index in [2.05, 4.69) is 31.6 Å². The van der Waals surface area contributed by atoms with Gasteiger partial charge in [-0.2, -0.15) is 0 Å². The molecule has 0 spiro atoms. The van der Waals surface area contributed by atoms with E-state index < -0.39 is 65.9 Å². The summed E-state index contributed by atoms with van der Waals surface area (Å²) in [6, 6.07) is 3.96. The van der Waals surface area contributed by atoms with Crippen LogP contribution in [-0.2, 0) is 38.3 Å². The van der Waals surface area contributed by atoms with Gasteiger partial charge in [-0.1, -0.05) is 61.8 Å². The maximum Gasteiger partial charge on any atom is 0.328 e. The average Bonchev–Trinajstić information content (AvgIpc) is 3.21. The number of nitrogens with two attached hydrogens (primary N) is 1. The van der Waals surface area contributed by atoms with Gasteiger partial charge in [-0.15, -0.1) is 0 Å². The van der Waals surface area contributed by atoms with Gasteiger partial charge < -0.3 is 51.6 Å².